The molecule has 106 valence electrons. The number of benzene rings is 1. The van der Waals surface area contributed by atoms with Gasteiger partial charge in [-0.2, -0.15) is 0 Å². The van der Waals surface area contributed by atoms with E-state index in [2.05, 4.69) is 24.0 Å². The van der Waals surface area contributed by atoms with Crippen molar-refractivity contribution in [2.24, 2.45) is 0 Å². The van der Waals surface area contributed by atoms with Crippen LogP contribution in [0, 0.1) is 0 Å². The van der Waals surface area contributed by atoms with Crippen molar-refractivity contribution in [1.82, 2.24) is 4.90 Å². The van der Waals surface area contributed by atoms with E-state index < -0.39 is 0 Å². The van der Waals surface area contributed by atoms with Crippen LogP contribution in [0.1, 0.15) is 31.7 Å². The Bertz CT molecular complexity index is 381. The number of likely N-dealkylation sites (tertiary alicyclic amines) is 1. The molecule has 0 bridgehead atoms. The third-order valence-electron chi connectivity index (χ3n) is 3.69. The lowest BCUT2D eigenvalue weighted by Gasteiger charge is -2.32. The van der Waals surface area contributed by atoms with E-state index in [9.17, 15) is 0 Å². The van der Waals surface area contributed by atoms with Crippen LogP contribution in [0.25, 0.3) is 0 Å². The molecule has 1 aromatic rings. The minimum absolute atomic E-state index is 0.439. The largest absolute Gasteiger partial charge is 0.399 e. The summed E-state index contributed by atoms with van der Waals surface area (Å²) in [6, 6.07) is 8.22. The zero-order valence-electron chi connectivity index (χ0n) is 12.0. The number of hydrogen-bond acceptors (Lipinski definition) is 3. The molecule has 1 saturated heterocycles. The summed E-state index contributed by atoms with van der Waals surface area (Å²) < 4.78 is 5.87. The fourth-order valence-electron chi connectivity index (χ4n) is 2.67. The maximum absolute atomic E-state index is 5.87. The SMILES string of the molecule is CCCOC1CCCN(CCc2cccc(N)c2)C1. The Hall–Kier alpha value is -1.06. The van der Waals surface area contributed by atoms with Gasteiger partial charge in [0.2, 0.25) is 0 Å². The van der Waals surface area contributed by atoms with Gasteiger partial charge < -0.3 is 15.4 Å². The van der Waals surface area contributed by atoms with Gasteiger partial charge >= 0.3 is 0 Å². The van der Waals surface area contributed by atoms with E-state index in [0.717, 1.165) is 38.2 Å². The molecular weight excluding hydrogens is 236 g/mol. The molecule has 0 radical (unpaired) electrons. The second kappa shape index (κ2) is 7.51. The Morgan fingerprint density at radius 3 is 3.11 bits per heavy atom. The molecule has 0 aromatic heterocycles. The molecule has 1 atom stereocenters. The molecule has 3 heteroatoms. The van der Waals surface area contributed by atoms with E-state index in [1.165, 1.54) is 24.9 Å². The first kappa shape index (κ1) is 14.4. The molecule has 3 nitrogen and oxygen atoms in total. The van der Waals surface area contributed by atoms with Crippen LogP contribution < -0.4 is 5.73 Å². The third-order valence-corrected chi connectivity index (χ3v) is 3.69. The first-order valence-corrected chi connectivity index (χ1v) is 7.46. The van der Waals surface area contributed by atoms with E-state index >= 15 is 0 Å². The molecule has 0 spiro atoms. The van der Waals surface area contributed by atoms with Crippen molar-refractivity contribution in [2.75, 3.05) is 32.0 Å². The zero-order chi connectivity index (χ0) is 13.5. The lowest BCUT2D eigenvalue weighted by atomic mass is 10.1. The summed E-state index contributed by atoms with van der Waals surface area (Å²) >= 11 is 0. The van der Waals surface area contributed by atoms with Gasteiger partial charge in [-0.1, -0.05) is 19.1 Å². The summed E-state index contributed by atoms with van der Waals surface area (Å²) in [4.78, 5) is 2.52. The summed E-state index contributed by atoms with van der Waals surface area (Å²) in [7, 11) is 0. The second-order valence-corrected chi connectivity index (χ2v) is 5.43. The number of hydrogen-bond donors (Lipinski definition) is 1. The van der Waals surface area contributed by atoms with Crippen LogP contribution in [0.15, 0.2) is 24.3 Å². The number of ether oxygens (including phenoxy) is 1. The molecule has 2 N–H and O–H groups in total. The molecule has 1 aliphatic rings. The highest BCUT2D eigenvalue weighted by Crippen LogP contribution is 2.15. The van der Waals surface area contributed by atoms with Crippen LogP contribution in [0.3, 0.4) is 0 Å². The van der Waals surface area contributed by atoms with Crippen molar-refractivity contribution < 1.29 is 4.74 Å². The van der Waals surface area contributed by atoms with Gasteiger partial charge in [0.15, 0.2) is 0 Å². The van der Waals surface area contributed by atoms with Crippen molar-refractivity contribution >= 4 is 5.69 Å². The van der Waals surface area contributed by atoms with Crippen molar-refractivity contribution in [3.8, 4) is 0 Å². The Morgan fingerprint density at radius 1 is 1.42 bits per heavy atom. The van der Waals surface area contributed by atoms with Crippen LogP contribution in [0.5, 0.6) is 0 Å². The standard InChI is InChI=1S/C16H26N2O/c1-2-11-19-16-7-4-9-18(13-16)10-8-14-5-3-6-15(17)12-14/h3,5-6,12,16H,2,4,7-11,13,17H2,1H3. The topological polar surface area (TPSA) is 38.5 Å². The lowest BCUT2D eigenvalue weighted by molar-refractivity contribution is 0.000325. The molecular formula is C16H26N2O. The van der Waals surface area contributed by atoms with Crippen LogP contribution in [0.4, 0.5) is 5.69 Å². The van der Waals surface area contributed by atoms with Crippen molar-refractivity contribution in [3.05, 3.63) is 29.8 Å². The van der Waals surface area contributed by atoms with Gasteiger partial charge in [-0.3, -0.25) is 0 Å². The Kier molecular flexibility index (Phi) is 5.67. The van der Waals surface area contributed by atoms with Gasteiger partial charge in [0.1, 0.15) is 0 Å². The van der Waals surface area contributed by atoms with E-state index in [1.54, 1.807) is 0 Å². The summed E-state index contributed by atoms with van der Waals surface area (Å²) in [6.07, 6.45) is 5.10. The zero-order valence-corrected chi connectivity index (χ0v) is 12.0. The average molecular weight is 262 g/mol. The smallest absolute Gasteiger partial charge is 0.0702 e. The molecule has 1 aliphatic heterocycles. The quantitative estimate of drug-likeness (QED) is 0.801. The number of anilines is 1. The van der Waals surface area contributed by atoms with Crippen molar-refractivity contribution in [2.45, 2.75) is 38.7 Å². The second-order valence-electron chi connectivity index (χ2n) is 5.43. The van der Waals surface area contributed by atoms with Crippen molar-refractivity contribution in [1.29, 1.82) is 0 Å². The summed E-state index contributed by atoms with van der Waals surface area (Å²) in [5.74, 6) is 0. The number of nitrogen functional groups attached to an aromatic ring is 1. The normalized spacial score (nSPS) is 20.6. The predicted octanol–water partition coefficient (Wildman–Crippen LogP) is 2.70. The minimum Gasteiger partial charge on any atom is -0.399 e. The Labute approximate surface area is 116 Å². The number of nitrogens with two attached hydrogens (primary N) is 1. The fraction of sp³-hybridized carbons (Fsp3) is 0.625. The van der Waals surface area contributed by atoms with Gasteiger partial charge in [-0.25, -0.2) is 0 Å². The monoisotopic (exact) mass is 262 g/mol. The van der Waals surface area contributed by atoms with Gasteiger partial charge in [0.05, 0.1) is 6.10 Å². The van der Waals surface area contributed by atoms with Gasteiger partial charge in [0, 0.05) is 25.4 Å². The molecule has 0 amide bonds. The lowest BCUT2D eigenvalue weighted by Crippen LogP contribution is -2.40. The summed E-state index contributed by atoms with van der Waals surface area (Å²) in [5, 5.41) is 0. The fourth-order valence-corrected chi connectivity index (χ4v) is 2.67. The highest BCUT2D eigenvalue weighted by atomic mass is 16.5. The Balaban J connectivity index is 1.76. The van der Waals surface area contributed by atoms with E-state index in [-0.39, 0.29) is 0 Å². The van der Waals surface area contributed by atoms with E-state index in [4.69, 9.17) is 10.5 Å². The van der Waals surface area contributed by atoms with Gasteiger partial charge in [0.25, 0.3) is 0 Å². The third kappa shape index (κ3) is 4.84. The number of rotatable bonds is 6. The highest BCUT2D eigenvalue weighted by molar-refractivity contribution is 5.40. The van der Waals surface area contributed by atoms with Gasteiger partial charge in [-0.05, 0) is 49.9 Å². The van der Waals surface area contributed by atoms with Crippen molar-refractivity contribution in [3.63, 3.8) is 0 Å². The Morgan fingerprint density at radius 2 is 2.32 bits per heavy atom. The highest BCUT2D eigenvalue weighted by Gasteiger charge is 2.19. The number of piperidine rings is 1. The van der Waals surface area contributed by atoms with Crippen LogP contribution in [-0.4, -0.2) is 37.2 Å². The van der Waals surface area contributed by atoms with Crippen LogP contribution >= 0.6 is 0 Å². The van der Waals surface area contributed by atoms with Crippen LogP contribution in [0.2, 0.25) is 0 Å². The van der Waals surface area contributed by atoms with Gasteiger partial charge in [-0.15, -0.1) is 0 Å². The molecule has 1 unspecified atom stereocenters. The molecule has 1 heterocycles. The molecule has 19 heavy (non-hydrogen) atoms. The first-order chi connectivity index (χ1) is 9.28. The molecule has 1 aromatic carbocycles. The first-order valence-electron chi connectivity index (χ1n) is 7.46. The van der Waals surface area contributed by atoms with E-state index in [1.807, 2.05) is 12.1 Å². The predicted molar refractivity (Wildman–Crippen MR) is 80.3 cm³/mol. The average Bonchev–Trinajstić information content (AvgIpc) is 2.43. The maximum atomic E-state index is 5.87. The minimum atomic E-state index is 0.439. The van der Waals surface area contributed by atoms with Crippen LogP contribution in [-0.2, 0) is 11.2 Å². The number of nitrogens with zero attached hydrogens (tertiary/aromatic N) is 1. The molecule has 2 rings (SSSR count). The summed E-state index contributed by atoms with van der Waals surface area (Å²) in [5.41, 5.74) is 8.00. The maximum Gasteiger partial charge on any atom is 0.0702 e. The molecule has 0 saturated carbocycles. The summed E-state index contributed by atoms with van der Waals surface area (Å²) in [6.45, 7) is 6.46. The van der Waals surface area contributed by atoms with E-state index in [0.29, 0.717) is 6.10 Å². The molecule has 0 aliphatic carbocycles. The molecule has 1 fully saturated rings.